The highest BCUT2D eigenvalue weighted by molar-refractivity contribution is 5.37. The van der Waals surface area contributed by atoms with E-state index in [1.165, 1.54) is 6.42 Å². The number of hydrogen-bond donors (Lipinski definition) is 0. The van der Waals surface area contributed by atoms with E-state index < -0.39 is 0 Å². The zero-order valence-corrected chi connectivity index (χ0v) is 9.08. The van der Waals surface area contributed by atoms with Gasteiger partial charge in [0.15, 0.2) is 0 Å². The van der Waals surface area contributed by atoms with Gasteiger partial charge in [-0.15, -0.1) is 0 Å². The Morgan fingerprint density at radius 2 is 2.08 bits per heavy atom. The first-order valence-corrected chi connectivity index (χ1v) is 5.33. The summed E-state index contributed by atoms with van der Waals surface area (Å²) in [6.07, 6.45) is 5.64. The van der Waals surface area contributed by atoms with E-state index in [2.05, 4.69) is 20.8 Å². The minimum atomic E-state index is 0.146. The quantitative estimate of drug-likeness (QED) is 0.544. The molecule has 2 nitrogen and oxygen atoms in total. The summed E-state index contributed by atoms with van der Waals surface area (Å²) in [5, 5.41) is 0. The molecule has 0 aliphatic heterocycles. The molecular formula is C11H22O2. The Morgan fingerprint density at radius 3 is 2.54 bits per heavy atom. The third-order valence-corrected chi connectivity index (χ3v) is 2.49. The van der Waals surface area contributed by atoms with Gasteiger partial charge in [-0.25, -0.2) is 0 Å². The normalized spacial score (nSPS) is 15.0. The number of rotatable bonds is 8. The van der Waals surface area contributed by atoms with Crippen LogP contribution in [0, 0.1) is 5.92 Å². The largest absolute Gasteiger partial charge is 0.465 e. The van der Waals surface area contributed by atoms with Crippen LogP contribution in [-0.4, -0.2) is 12.6 Å². The van der Waals surface area contributed by atoms with Gasteiger partial charge < -0.3 is 4.74 Å². The summed E-state index contributed by atoms with van der Waals surface area (Å²) in [7, 11) is 0. The number of hydrogen-bond acceptors (Lipinski definition) is 2. The monoisotopic (exact) mass is 186 g/mol. The summed E-state index contributed by atoms with van der Waals surface area (Å²) in [5.74, 6) is 0.654. The molecular weight excluding hydrogens is 164 g/mol. The van der Waals surface area contributed by atoms with Crippen molar-refractivity contribution in [3.63, 3.8) is 0 Å². The van der Waals surface area contributed by atoms with Gasteiger partial charge in [-0.2, -0.15) is 0 Å². The number of carbonyl (C=O) groups is 1. The topological polar surface area (TPSA) is 26.3 Å². The first-order valence-electron chi connectivity index (χ1n) is 5.33. The van der Waals surface area contributed by atoms with Crippen LogP contribution in [0.3, 0.4) is 0 Å². The van der Waals surface area contributed by atoms with E-state index in [0.29, 0.717) is 12.4 Å². The molecule has 0 aliphatic rings. The maximum atomic E-state index is 10.2. The standard InChI is InChI=1S/C11H22O2/c1-4-6-7-11(13-9-12)8-10(3)5-2/h9-11H,4-8H2,1-3H3. The van der Waals surface area contributed by atoms with Gasteiger partial charge >= 0.3 is 0 Å². The Kier molecular flexibility index (Phi) is 7.76. The Hall–Kier alpha value is -0.530. The molecule has 0 heterocycles. The average Bonchev–Trinajstić information content (AvgIpc) is 2.14. The lowest BCUT2D eigenvalue weighted by Gasteiger charge is -2.18. The van der Waals surface area contributed by atoms with E-state index in [0.717, 1.165) is 25.7 Å². The lowest BCUT2D eigenvalue weighted by molar-refractivity contribution is -0.134. The summed E-state index contributed by atoms with van der Waals surface area (Å²) in [6.45, 7) is 7.11. The highest BCUT2D eigenvalue weighted by atomic mass is 16.5. The number of carbonyl (C=O) groups excluding carboxylic acids is 1. The Labute approximate surface area is 81.7 Å². The SMILES string of the molecule is CCCCC(CC(C)CC)OC=O. The zero-order chi connectivity index (χ0) is 10.1. The van der Waals surface area contributed by atoms with Gasteiger partial charge in [0.05, 0.1) is 0 Å². The fourth-order valence-electron chi connectivity index (χ4n) is 1.37. The van der Waals surface area contributed by atoms with Gasteiger partial charge in [0.25, 0.3) is 6.47 Å². The van der Waals surface area contributed by atoms with Gasteiger partial charge in [0, 0.05) is 0 Å². The van der Waals surface area contributed by atoms with Gasteiger partial charge in [0.1, 0.15) is 6.10 Å². The molecule has 2 unspecified atom stereocenters. The highest BCUT2D eigenvalue weighted by Crippen LogP contribution is 2.16. The zero-order valence-electron chi connectivity index (χ0n) is 9.08. The Bertz CT molecular complexity index is 123. The molecule has 0 aromatic heterocycles. The van der Waals surface area contributed by atoms with Crippen LogP contribution in [0.5, 0.6) is 0 Å². The van der Waals surface area contributed by atoms with Crippen LogP contribution in [0.25, 0.3) is 0 Å². The van der Waals surface area contributed by atoms with Crippen molar-refractivity contribution < 1.29 is 9.53 Å². The summed E-state index contributed by atoms with van der Waals surface area (Å²) in [4.78, 5) is 10.2. The molecule has 0 aliphatic carbocycles. The third-order valence-electron chi connectivity index (χ3n) is 2.49. The molecule has 0 rings (SSSR count). The first kappa shape index (κ1) is 12.5. The molecule has 0 spiro atoms. The van der Waals surface area contributed by atoms with Gasteiger partial charge in [-0.05, 0) is 18.8 Å². The lowest BCUT2D eigenvalue weighted by Crippen LogP contribution is -2.15. The van der Waals surface area contributed by atoms with Crippen LogP contribution in [0.15, 0.2) is 0 Å². The van der Waals surface area contributed by atoms with Crippen molar-refractivity contribution in [2.24, 2.45) is 5.92 Å². The van der Waals surface area contributed by atoms with Crippen molar-refractivity contribution in [2.45, 2.75) is 59.0 Å². The molecule has 0 aromatic rings. The molecule has 0 bridgehead atoms. The molecule has 0 amide bonds. The van der Waals surface area contributed by atoms with Gasteiger partial charge in [0.2, 0.25) is 0 Å². The van der Waals surface area contributed by atoms with E-state index in [-0.39, 0.29) is 6.10 Å². The van der Waals surface area contributed by atoms with E-state index in [1.807, 2.05) is 0 Å². The molecule has 0 radical (unpaired) electrons. The molecule has 2 atom stereocenters. The summed E-state index contributed by atoms with van der Waals surface area (Å²) in [5.41, 5.74) is 0. The predicted octanol–water partition coefficient (Wildman–Crippen LogP) is 3.15. The predicted molar refractivity (Wildman–Crippen MR) is 54.5 cm³/mol. The number of ether oxygens (including phenoxy) is 1. The van der Waals surface area contributed by atoms with Crippen molar-refractivity contribution in [1.82, 2.24) is 0 Å². The van der Waals surface area contributed by atoms with Crippen LogP contribution >= 0.6 is 0 Å². The Balaban J connectivity index is 3.71. The van der Waals surface area contributed by atoms with Gasteiger partial charge in [-0.3, -0.25) is 4.79 Å². The fourth-order valence-corrected chi connectivity index (χ4v) is 1.37. The van der Waals surface area contributed by atoms with Crippen LogP contribution in [0.1, 0.15) is 52.9 Å². The summed E-state index contributed by atoms with van der Waals surface area (Å²) in [6, 6.07) is 0. The van der Waals surface area contributed by atoms with E-state index in [4.69, 9.17) is 4.74 Å². The molecule has 2 heteroatoms. The van der Waals surface area contributed by atoms with Crippen LogP contribution in [-0.2, 0) is 9.53 Å². The number of unbranched alkanes of at least 4 members (excludes halogenated alkanes) is 1. The van der Waals surface area contributed by atoms with E-state index in [1.54, 1.807) is 0 Å². The van der Waals surface area contributed by atoms with Crippen molar-refractivity contribution >= 4 is 6.47 Å². The molecule has 0 aromatic carbocycles. The molecule has 0 fully saturated rings. The third kappa shape index (κ3) is 6.62. The van der Waals surface area contributed by atoms with Crippen molar-refractivity contribution in [3.05, 3.63) is 0 Å². The van der Waals surface area contributed by atoms with Crippen LogP contribution < -0.4 is 0 Å². The molecule has 0 saturated carbocycles. The fraction of sp³-hybridized carbons (Fsp3) is 0.909. The highest BCUT2D eigenvalue weighted by Gasteiger charge is 2.12. The molecule has 0 N–H and O–H groups in total. The second-order valence-electron chi connectivity index (χ2n) is 3.75. The second-order valence-corrected chi connectivity index (χ2v) is 3.75. The lowest BCUT2D eigenvalue weighted by atomic mass is 9.98. The van der Waals surface area contributed by atoms with Crippen molar-refractivity contribution in [1.29, 1.82) is 0 Å². The van der Waals surface area contributed by atoms with Crippen LogP contribution in [0.2, 0.25) is 0 Å². The first-order chi connectivity index (χ1) is 6.24. The van der Waals surface area contributed by atoms with Crippen molar-refractivity contribution in [2.75, 3.05) is 0 Å². The minimum absolute atomic E-state index is 0.146. The van der Waals surface area contributed by atoms with Gasteiger partial charge in [-0.1, -0.05) is 40.0 Å². The van der Waals surface area contributed by atoms with Crippen LogP contribution in [0.4, 0.5) is 0 Å². The molecule has 13 heavy (non-hydrogen) atoms. The van der Waals surface area contributed by atoms with Crippen molar-refractivity contribution in [3.8, 4) is 0 Å². The second kappa shape index (κ2) is 8.09. The molecule has 0 saturated heterocycles. The smallest absolute Gasteiger partial charge is 0.293 e. The van der Waals surface area contributed by atoms with E-state index >= 15 is 0 Å². The Morgan fingerprint density at radius 1 is 1.38 bits per heavy atom. The summed E-state index contributed by atoms with van der Waals surface area (Å²) >= 11 is 0. The minimum Gasteiger partial charge on any atom is -0.465 e. The maximum absolute atomic E-state index is 10.2. The average molecular weight is 186 g/mol. The summed E-state index contributed by atoms with van der Waals surface area (Å²) < 4.78 is 5.04. The maximum Gasteiger partial charge on any atom is 0.293 e. The molecule has 78 valence electrons. The van der Waals surface area contributed by atoms with E-state index in [9.17, 15) is 4.79 Å².